The van der Waals surface area contributed by atoms with Gasteiger partial charge < -0.3 is 24.5 Å². The minimum Gasteiger partial charge on any atom is -0.493 e. The van der Waals surface area contributed by atoms with Gasteiger partial charge in [-0.05, 0) is 41.3 Å². The highest BCUT2D eigenvalue weighted by Gasteiger charge is 2.25. The molecule has 1 heterocycles. The van der Waals surface area contributed by atoms with E-state index in [2.05, 4.69) is 10.6 Å². The molecule has 0 spiro atoms. The first-order chi connectivity index (χ1) is 15.5. The Morgan fingerprint density at radius 2 is 1.75 bits per heavy atom. The molecule has 0 saturated carbocycles. The first-order valence-corrected chi connectivity index (χ1v) is 10.4. The zero-order chi connectivity index (χ0) is 22.9. The van der Waals surface area contributed by atoms with E-state index in [0.717, 1.165) is 11.1 Å². The number of methoxy groups -OCH3 is 1. The van der Waals surface area contributed by atoms with Crippen LogP contribution in [0.15, 0.2) is 71.3 Å². The fourth-order valence-electron chi connectivity index (χ4n) is 3.13. The Morgan fingerprint density at radius 3 is 2.41 bits per heavy atom. The van der Waals surface area contributed by atoms with Gasteiger partial charge in [0.1, 0.15) is 12.6 Å². The number of carbonyl (C=O) groups excluding carboxylic acids is 2. The van der Waals surface area contributed by atoms with Crippen molar-refractivity contribution in [2.75, 3.05) is 7.11 Å². The molecule has 0 unspecified atom stereocenters. The molecule has 2 aromatic carbocycles. The van der Waals surface area contributed by atoms with Gasteiger partial charge in [0.15, 0.2) is 17.3 Å². The number of hydrogen-bond donors (Lipinski definition) is 2. The maximum Gasteiger partial charge on any atom is 0.287 e. The summed E-state index contributed by atoms with van der Waals surface area (Å²) in [6.07, 6.45) is 1.42. The Morgan fingerprint density at radius 1 is 0.969 bits per heavy atom. The molecule has 0 aliphatic heterocycles. The largest absolute Gasteiger partial charge is 0.493 e. The van der Waals surface area contributed by atoms with Crippen LogP contribution in [0, 0.1) is 5.92 Å². The normalized spacial score (nSPS) is 11.6. The number of benzene rings is 2. The van der Waals surface area contributed by atoms with Crippen LogP contribution in [0.4, 0.5) is 0 Å². The molecule has 3 aromatic rings. The maximum absolute atomic E-state index is 12.7. The molecule has 1 atom stereocenters. The zero-order valence-electron chi connectivity index (χ0n) is 18.5. The van der Waals surface area contributed by atoms with Crippen molar-refractivity contribution in [1.82, 2.24) is 10.6 Å². The molecule has 0 aliphatic rings. The van der Waals surface area contributed by atoms with Gasteiger partial charge in [-0.15, -0.1) is 0 Å². The van der Waals surface area contributed by atoms with Crippen LogP contribution >= 0.6 is 0 Å². The summed E-state index contributed by atoms with van der Waals surface area (Å²) in [7, 11) is 1.58. The van der Waals surface area contributed by atoms with E-state index in [4.69, 9.17) is 13.9 Å². The van der Waals surface area contributed by atoms with E-state index in [1.54, 1.807) is 19.2 Å². The Labute approximate surface area is 187 Å². The van der Waals surface area contributed by atoms with Gasteiger partial charge in [-0.1, -0.05) is 50.2 Å². The highest BCUT2D eigenvalue weighted by molar-refractivity contribution is 5.95. The van der Waals surface area contributed by atoms with Crippen molar-refractivity contribution in [3.63, 3.8) is 0 Å². The topological polar surface area (TPSA) is 89.8 Å². The van der Waals surface area contributed by atoms with Crippen molar-refractivity contribution in [3.8, 4) is 11.5 Å². The molecule has 7 heteroatoms. The number of rotatable bonds is 10. The predicted molar refractivity (Wildman–Crippen MR) is 120 cm³/mol. The van der Waals surface area contributed by atoms with Crippen LogP contribution in [0.2, 0.25) is 0 Å². The molecule has 0 aliphatic carbocycles. The summed E-state index contributed by atoms with van der Waals surface area (Å²) in [5, 5.41) is 5.61. The predicted octanol–water partition coefficient (Wildman–Crippen LogP) is 3.94. The lowest BCUT2D eigenvalue weighted by atomic mass is 10.0. The average Bonchev–Trinajstić information content (AvgIpc) is 3.35. The van der Waals surface area contributed by atoms with Crippen molar-refractivity contribution in [2.24, 2.45) is 5.92 Å². The molecule has 0 radical (unpaired) electrons. The van der Waals surface area contributed by atoms with Crippen LogP contribution in [-0.4, -0.2) is 25.0 Å². The van der Waals surface area contributed by atoms with Crippen molar-refractivity contribution in [3.05, 3.63) is 83.8 Å². The van der Waals surface area contributed by atoms with Crippen LogP contribution in [-0.2, 0) is 17.9 Å². The molecular formula is C25H28N2O5. The fourth-order valence-corrected chi connectivity index (χ4v) is 3.13. The summed E-state index contributed by atoms with van der Waals surface area (Å²) >= 11 is 0. The first kappa shape index (κ1) is 22.9. The van der Waals surface area contributed by atoms with Crippen LogP contribution in [0.3, 0.4) is 0 Å². The van der Waals surface area contributed by atoms with Gasteiger partial charge in [0.25, 0.3) is 5.91 Å². The van der Waals surface area contributed by atoms with Crippen molar-refractivity contribution in [1.29, 1.82) is 0 Å². The summed E-state index contributed by atoms with van der Waals surface area (Å²) in [6, 6.07) is 17.9. The molecule has 32 heavy (non-hydrogen) atoms. The van der Waals surface area contributed by atoms with E-state index in [-0.39, 0.29) is 24.1 Å². The third-order valence-corrected chi connectivity index (χ3v) is 4.91. The number of amides is 2. The van der Waals surface area contributed by atoms with Gasteiger partial charge in [-0.25, -0.2) is 0 Å². The second kappa shape index (κ2) is 11.0. The summed E-state index contributed by atoms with van der Waals surface area (Å²) in [4.78, 5) is 25.0. The Hall–Kier alpha value is -3.74. The fraction of sp³-hybridized carbons (Fsp3) is 0.280. The highest BCUT2D eigenvalue weighted by Crippen LogP contribution is 2.29. The number of ether oxygens (including phenoxy) is 2. The summed E-state index contributed by atoms with van der Waals surface area (Å²) in [6.45, 7) is 4.45. The van der Waals surface area contributed by atoms with Gasteiger partial charge >= 0.3 is 0 Å². The molecule has 0 fully saturated rings. The smallest absolute Gasteiger partial charge is 0.287 e. The summed E-state index contributed by atoms with van der Waals surface area (Å²) in [5.41, 5.74) is 1.91. The van der Waals surface area contributed by atoms with Gasteiger partial charge in [-0.2, -0.15) is 0 Å². The summed E-state index contributed by atoms with van der Waals surface area (Å²) in [5.74, 6) is 0.571. The molecule has 3 rings (SSSR count). The lowest BCUT2D eigenvalue weighted by Gasteiger charge is -2.21. The van der Waals surface area contributed by atoms with Crippen LogP contribution < -0.4 is 20.1 Å². The Bertz CT molecular complexity index is 1020. The van der Waals surface area contributed by atoms with Gasteiger partial charge in [0, 0.05) is 6.54 Å². The van der Waals surface area contributed by atoms with Crippen molar-refractivity contribution in [2.45, 2.75) is 33.0 Å². The zero-order valence-corrected chi connectivity index (χ0v) is 18.5. The lowest BCUT2D eigenvalue weighted by molar-refractivity contribution is -0.124. The first-order valence-electron chi connectivity index (χ1n) is 10.4. The molecule has 0 bridgehead atoms. The quantitative estimate of drug-likeness (QED) is 0.503. The van der Waals surface area contributed by atoms with Crippen LogP contribution in [0.1, 0.15) is 35.5 Å². The van der Waals surface area contributed by atoms with E-state index in [0.29, 0.717) is 18.1 Å². The Kier molecular flexibility index (Phi) is 7.91. The van der Waals surface area contributed by atoms with Crippen molar-refractivity contribution < 1.29 is 23.5 Å². The van der Waals surface area contributed by atoms with E-state index in [9.17, 15) is 9.59 Å². The third-order valence-electron chi connectivity index (χ3n) is 4.91. The molecule has 7 nitrogen and oxygen atoms in total. The standard InChI is InChI=1S/C25H28N2O5/c1-17(2)23(27-24(28)21-10-7-13-31-21)25(29)26-15-19-11-12-20(22(14-19)30-3)32-16-18-8-5-4-6-9-18/h4-14,17,23H,15-16H2,1-3H3,(H,26,29)(H,27,28)/t23-/m0/s1. The number of carbonyl (C=O) groups is 2. The Balaban J connectivity index is 1.59. The second-order valence-corrected chi connectivity index (χ2v) is 7.65. The van der Waals surface area contributed by atoms with Crippen LogP contribution in [0.5, 0.6) is 11.5 Å². The average molecular weight is 437 g/mol. The highest BCUT2D eigenvalue weighted by atomic mass is 16.5. The lowest BCUT2D eigenvalue weighted by Crippen LogP contribution is -2.49. The number of hydrogen-bond acceptors (Lipinski definition) is 5. The van der Waals surface area contributed by atoms with E-state index in [1.807, 2.05) is 62.4 Å². The van der Waals surface area contributed by atoms with Gasteiger partial charge in [0.2, 0.25) is 5.91 Å². The molecule has 168 valence electrons. The van der Waals surface area contributed by atoms with E-state index < -0.39 is 11.9 Å². The van der Waals surface area contributed by atoms with Crippen LogP contribution in [0.25, 0.3) is 0 Å². The maximum atomic E-state index is 12.7. The molecule has 0 saturated heterocycles. The molecular weight excluding hydrogens is 408 g/mol. The van der Waals surface area contributed by atoms with Crippen molar-refractivity contribution >= 4 is 11.8 Å². The van der Waals surface area contributed by atoms with E-state index in [1.165, 1.54) is 6.26 Å². The SMILES string of the molecule is COc1cc(CNC(=O)[C@@H](NC(=O)c2ccco2)C(C)C)ccc1OCc1ccccc1. The number of nitrogens with one attached hydrogen (secondary N) is 2. The minimum absolute atomic E-state index is 0.0998. The third kappa shape index (κ3) is 6.14. The molecule has 2 amide bonds. The van der Waals surface area contributed by atoms with Gasteiger partial charge in [0.05, 0.1) is 13.4 Å². The monoisotopic (exact) mass is 436 g/mol. The minimum atomic E-state index is -0.692. The summed E-state index contributed by atoms with van der Waals surface area (Å²) < 4.78 is 16.4. The molecule has 1 aromatic heterocycles. The van der Waals surface area contributed by atoms with E-state index >= 15 is 0 Å². The van der Waals surface area contributed by atoms with Gasteiger partial charge in [-0.3, -0.25) is 9.59 Å². The number of furan rings is 1. The second-order valence-electron chi connectivity index (χ2n) is 7.65. The molecule has 2 N–H and O–H groups in total.